The number of methoxy groups -OCH3 is 2. The number of nitrogens with one attached hydrogen (secondary N) is 1. The molecule has 0 fully saturated rings. The van der Waals surface area contributed by atoms with Crippen molar-refractivity contribution in [2.75, 3.05) is 34.5 Å². The molecule has 0 heterocycles. The Morgan fingerprint density at radius 1 is 1.11 bits per heavy atom. The molecule has 0 saturated carbocycles. The molecule has 0 aromatic heterocycles. The van der Waals surface area contributed by atoms with E-state index in [4.69, 9.17) is 14.2 Å². The number of hydrogen-bond acceptors (Lipinski definition) is 4. The summed E-state index contributed by atoms with van der Waals surface area (Å²) in [5.41, 5.74) is 1.14. The van der Waals surface area contributed by atoms with Crippen LogP contribution in [0.15, 0.2) is 18.2 Å². The molecule has 1 aromatic rings. The maximum absolute atomic E-state index is 5.80. The molecule has 1 N–H and O–H groups in total. The Morgan fingerprint density at radius 2 is 1.89 bits per heavy atom. The van der Waals surface area contributed by atoms with E-state index in [9.17, 15) is 0 Å². The second-order valence-electron chi connectivity index (χ2n) is 4.05. The highest BCUT2D eigenvalue weighted by Crippen LogP contribution is 2.25. The van der Waals surface area contributed by atoms with Crippen LogP contribution in [0.4, 0.5) is 0 Å². The van der Waals surface area contributed by atoms with Crippen LogP contribution in [-0.4, -0.2) is 34.5 Å². The maximum Gasteiger partial charge on any atom is 0.127 e. The highest BCUT2D eigenvalue weighted by atomic mass is 16.5. The molecular formula is C14H23NO3. The van der Waals surface area contributed by atoms with Gasteiger partial charge in [0.05, 0.1) is 13.7 Å². The molecular weight excluding hydrogens is 230 g/mol. The van der Waals surface area contributed by atoms with Crippen LogP contribution in [0.2, 0.25) is 0 Å². The Kier molecular flexibility index (Phi) is 7.22. The second-order valence-corrected chi connectivity index (χ2v) is 4.05. The van der Waals surface area contributed by atoms with Crippen LogP contribution in [0.1, 0.15) is 18.4 Å². The maximum atomic E-state index is 5.80. The summed E-state index contributed by atoms with van der Waals surface area (Å²) in [7, 11) is 5.30. The van der Waals surface area contributed by atoms with E-state index < -0.39 is 0 Å². The van der Waals surface area contributed by atoms with Gasteiger partial charge in [0.2, 0.25) is 0 Å². The topological polar surface area (TPSA) is 39.7 Å². The third-order valence-electron chi connectivity index (χ3n) is 2.64. The largest absolute Gasteiger partial charge is 0.497 e. The molecule has 0 radical (unpaired) electrons. The first-order valence-electron chi connectivity index (χ1n) is 6.25. The SMILES string of the molecule is CNCc1ccc(OC)cc1OCCCCOC. The summed E-state index contributed by atoms with van der Waals surface area (Å²) in [4.78, 5) is 0. The number of ether oxygens (including phenoxy) is 3. The second kappa shape index (κ2) is 8.78. The lowest BCUT2D eigenvalue weighted by atomic mass is 10.2. The fourth-order valence-corrected chi connectivity index (χ4v) is 1.66. The quantitative estimate of drug-likeness (QED) is 0.685. The zero-order valence-corrected chi connectivity index (χ0v) is 11.5. The number of rotatable bonds is 9. The molecule has 4 nitrogen and oxygen atoms in total. The molecule has 4 heteroatoms. The minimum absolute atomic E-state index is 0.702. The van der Waals surface area contributed by atoms with E-state index in [0.717, 1.165) is 43.1 Å². The van der Waals surface area contributed by atoms with Crippen LogP contribution in [-0.2, 0) is 11.3 Å². The van der Waals surface area contributed by atoms with Gasteiger partial charge in [0.25, 0.3) is 0 Å². The predicted molar refractivity (Wildman–Crippen MR) is 72.4 cm³/mol. The van der Waals surface area contributed by atoms with E-state index in [1.54, 1.807) is 14.2 Å². The van der Waals surface area contributed by atoms with E-state index in [2.05, 4.69) is 5.32 Å². The van der Waals surface area contributed by atoms with Crippen molar-refractivity contribution in [1.29, 1.82) is 0 Å². The molecule has 1 rings (SSSR count). The Hall–Kier alpha value is -1.26. The lowest BCUT2D eigenvalue weighted by Gasteiger charge is -2.12. The Bertz CT molecular complexity index is 342. The van der Waals surface area contributed by atoms with Crippen molar-refractivity contribution < 1.29 is 14.2 Å². The summed E-state index contributed by atoms with van der Waals surface area (Å²) in [5.74, 6) is 1.71. The van der Waals surface area contributed by atoms with Gasteiger partial charge in [-0.2, -0.15) is 0 Å². The van der Waals surface area contributed by atoms with Crippen LogP contribution >= 0.6 is 0 Å². The molecule has 0 unspecified atom stereocenters. The fraction of sp³-hybridized carbons (Fsp3) is 0.571. The van der Waals surface area contributed by atoms with Gasteiger partial charge in [0.1, 0.15) is 11.5 Å². The number of hydrogen-bond donors (Lipinski definition) is 1. The van der Waals surface area contributed by atoms with E-state index in [1.165, 1.54) is 0 Å². The zero-order valence-electron chi connectivity index (χ0n) is 11.5. The van der Waals surface area contributed by atoms with Crippen LogP contribution in [0.25, 0.3) is 0 Å². The van der Waals surface area contributed by atoms with Crippen molar-refractivity contribution >= 4 is 0 Å². The van der Waals surface area contributed by atoms with Gasteiger partial charge in [-0.05, 0) is 26.0 Å². The summed E-state index contributed by atoms with van der Waals surface area (Å²) >= 11 is 0. The smallest absolute Gasteiger partial charge is 0.127 e. The van der Waals surface area contributed by atoms with E-state index >= 15 is 0 Å². The third kappa shape index (κ3) is 4.94. The molecule has 0 aliphatic carbocycles. The molecule has 1 aromatic carbocycles. The average Bonchev–Trinajstić information content (AvgIpc) is 2.40. The average molecular weight is 253 g/mol. The van der Waals surface area contributed by atoms with Gasteiger partial charge in [0.15, 0.2) is 0 Å². The summed E-state index contributed by atoms with van der Waals surface area (Å²) in [6.07, 6.45) is 2.01. The normalized spacial score (nSPS) is 10.4. The van der Waals surface area contributed by atoms with Crippen LogP contribution in [0.3, 0.4) is 0 Å². The van der Waals surface area contributed by atoms with Gasteiger partial charge < -0.3 is 19.5 Å². The van der Waals surface area contributed by atoms with Gasteiger partial charge in [-0.25, -0.2) is 0 Å². The molecule has 0 amide bonds. The Labute approximate surface area is 109 Å². The minimum Gasteiger partial charge on any atom is -0.497 e. The summed E-state index contributed by atoms with van der Waals surface area (Å²) in [6, 6.07) is 5.91. The molecule has 0 atom stereocenters. The number of benzene rings is 1. The van der Waals surface area contributed by atoms with Gasteiger partial charge in [-0.15, -0.1) is 0 Å². The molecule has 0 bridgehead atoms. The minimum atomic E-state index is 0.702. The molecule has 102 valence electrons. The molecule has 18 heavy (non-hydrogen) atoms. The lowest BCUT2D eigenvalue weighted by molar-refractivity contribution is 0.184. The molecule has 0 aliphatic rings. The predicted octanol–water partition coefficient (Wildman–Crippen LogP) is 2.22. The highest BCUT2D eigenvalue weighted by molar-refractivity contribution is 5.40. The monoisotopic (exact) mass is 253 g/mol. The van der Waals surface area contributed by atoms with Crippen molar-refractivity contribution in [3.8, 4) is 11.5 Å². The van der Waals surface area contributed by atoms with Crippen LogP contribution in [0, 0.1) is 0 Å². The first-order valence-corrected chi connectivity index (χ1v) is 6.25. The van der Waals surface area contributed by atoms with Crippen LogP contribution in [0.5, 0.6) is 11.5 Å². The highest BCUT2D eigenvalue weighted by Gasteiger charge is 2.05. The molecule has 0 spiro atoms. The van der Waals surface area contributed by atoms with Crippen molar-refractivity contribution in [3.05, 3.63) is 23.8 Å². The van der Waals surface area contributed by atoms with Gasteiger partial charge in [-0.3, -0.25) is 0 Å². The van der Waals surface area contributed by atoms with Gasteiger partial charge in [0, 0.05) is 31.9 Å². The van der Waals surface area contributed by atoms with E-state index in [1.807, 2.05) is 25.2 Å². The number of unbranched alkanes of at least 4 members (excludes halogenated alkanes) is 1. The lowest BCUT2D eigenvalue weighted by Crippen LogP contribution is -2.08. The van der Waals surface area contributed by atoms with Crippen molar-refractivity contribution in [3.63, 3.8) is 0 Å². The summed E-state index contributed by atoms with van der Waals surface area (Å²) < 4.78 is 16.0. The van der Waals surface area contributed by atoms with Crippen molar-refractivity contribution in [2.24, 2.45) is 0 Å². The molecule has 0 aliphatic heterocycles. The van der Waals surface area contributed by atoms with Crippen LogP contribution < -0.4 is 14.8 Å². The first-order chi connectivity index (χ1) is 8.81. The summed E-state index contributed by atoms with van der Waals surface area (Å²) in [6.45, 7) is 2.27. The Balaban J connectivity index is 2.54. The standard InChI is InChI=1S/C14H23NO3/c1-15-11-12-6-7-13(17-3)10-14(12)18-9-5-4-8-16-2/h6-7,10,15H,4-5,8-9,11H2,1-3H3. The third-order valence-corrected chi connectivity index (χ3v) is 2.64. The van der Waals surface area contributed by atoms with Gasteiger partial charge in [-0.1, -0.05) is 6.07 Å². The summed E-state index contributed by atoms with van der Waals surface area (Å²) in [5, 5.41) is 3.13. The molecule has 0 saturated heterocycles. The van der Waals surface area contributed by atoms with Crippen molar-refractivity contribution in [2.45, 2.75) is 19.4 Å². The van der Waals surface area contributed by atoms with E-state index in [0.29, 0.717) is 6.61 Å². The first kappa shape index (κ1) is 14.8. The van der Waals surface area contributed by atoms with E-state index in [-0.39, 0.29) is 0 Å². The zero-order chi connectivity index (χ0) is 13.2. The van der Waals surface area contributed by atoms with Crippen molar-refractivity contribution in [1.82, 2.24) is 5.32 Å². The fourth-order valence-electron chi connectivity index (χ4n) is 1.66. The Morgan fingerprint density at radius 3 is 2.56 bits per heavy atom. The van der Waals surface area contributed by atoms with Gasteiger partial charge >= 0.3 is 0 Å².